The van der Waals surface area contributed by atoms with E-state index in [0.717, 1.165) is 19.1 Å². The van der Waals surface area contributed by atoms with Gasteiger partial charge in [0.15, 0.2) is 0 Å². The summed E-state index contributed by atoms with van der Waals surface area (Å²) in [5.74, 6) is 1.09. The zero-order valence-corrected chi connectivity index (χ0v) is 10.2. The second kappa shape index (κ2) is 5.31. The van der Waals surface area contributed by atoms with Crippen molar-refractivity contribution in [1.82, 2.24) is 0 Å². The van der Waals surface area contributed by atoms with E-state index in [9.17, 15) is 0 Å². The van der Waals surface area contributed by atoms with Crippen molar-refractivity contribution in [3.05, 3.63) is 0 Å². The standard InChI is InChI=1S/C13H26NO/c1-2-15-12-4-3-8-14-9-5-13(6-10-14)7-11-14/h13H,2-12H2,1H3/q+1. The highest BCUT2D eigenvalue weighted by Crippen LogP contribution is 2.33. The van der Waals surface area contributed by atoms with Gasteiger partial charge in [-0.15, -0.1) is 0 Å². The number of hydrogen-bond acceptors (Lipinski definition) is 1. The molecule has 0 saturated carbocycles. The first-order valence-corrected chi connectivity index (χ1v) is 6.77. The predicted octanol–water partition coefficient (Wildman–Crippen LogP) is 2.43. The molecule has 3 aliphatic rings. The number of quaternary nitrogens is 1. The van der Waals surface area contributed by atoms with Gasteiger partial charge in [-0.2, -0.15) is 0 Å². The van der Waals surface area contributed by atoms with Crippen molar-refractivity contribution >= 4 is 0 Å². The van der Waals surface area contributed by atoms with Gasteiger partial charge in [-0.05, 0) is 44.9 Å². The average molecular weight is 212 g/mol. The van der Waals surface area contributed by atoms with E-state index in [0.29, 0.717) is 0 Å². The summed E-state index contributed by atoms with van der Waals surface area (Å²) in [5.41, 5.74) is 0. The fraction of sp³-hybridized carbons (Fsp3) is 1.00. The molecule has 0 aromatic rings. The molecule has 0 radical (unpaired) electrons. The van der Waals surface area contributed by atoms with Crippen LogP contribution in [0.1, 0.15) is 39.0 Å². The molecule has 0 spiro atoms. The first kappa shape index (κ1) is 11.4. The molecule has 3 saturated heterocycles. The normalized spacial score (nSPS) is 34.6. The largest absolute Gasteiger partial charge is 0.382 e. The third-order valence-corrected chi connectivity index (χ3v) is 4.41. The van der Waals surface area contributed by atoms with Crippen LogP contribution in [0.5, 0.6) is 0 Å². The van der Waals surface area contributed by atoms with Gasteiger partial charge in [-0.1, -0.05) is 0 Å². The summed E-state index contributed by atoms with van der Waals surface area (Å²) < 4.78 is 6.84. The highest BCUT2D eigenvalue weighted by Gasteiger charge is 2.38. The lowest BCUT2D eigenvalue weighted by atomic mass is 9.85. The van der Waals surface area contributed by atoms with Gasteiger partial charge in [-0.25, -0.2) is 0 Å². The Balaban J connectivity index is 1.64. The Bertz CT molecular complexity index is 171. The fourth-order valence-corrected chi connectivity index (χ4v) is 3.27. The van der Waals surface area contributed by atoms with Gasteiger partial charge in [0.1, 0.15) is 0 Å². The highest BCUT2D eigenvalue weighted by atomic mass is 16.5. The number of hydrogen-bond donors (Lipinski definition) is 0. The lowest BCUT2D eigenvalue weighted by Gasteiger charge is -2.49. The van der Waals surface area contributed by atoms with Crippen molar-refractivity contribution < 1.29 is 9.22 Å². The molecule has 2 bridgehead atoms. The first-order chi connectivity index (χ1) is 7.35. The summed E-state index contributed by atoms with van der Waals surface area (Å²) in [7, 11) is 0. The Morgan fingerprint density at radius 2 is 1.73 bits per heavy atom. The summed E-state index contributed by atoms with van der Waals surface area (Å²) in [6, 6.07) is 0. The van der Waals surface area contributed by atoms with Gasteiger partial charge in [0.25, 0.3) is 0 Å². The minimum Gasteiger partial charge on any atom is -0.382 e. The highest BCUT2D eigenvalue weighted by molar-refractivity contribution is 4.71. The Hall–Kier alpha value is -0.0800. The molecule has 2 heteroatoms. The molecule has 3 heterocycles. The lowest BCUT2D eigenvalue weighted by molar-refractivity contribution is -0.942. The van der Waals surface area contributed by atoms with Crippen LogP contribution in [0.25, 0.3) is 0 Å². The molecular formula is C13H26NO+. The Morgan fingerprint density at radius 3 is 2.33 bits per heavy atom. The van der Waals surface area contributed by atoms with Crippen LogP contribution < -0.4 is 0 Å². The number of rotatable bonds is 6. The number of ether oxygens (including phenoxy) is 1. The zero-order valence-electron chi connectivity index (χ0n) is 10.2. The summed E-state index contributed by atoms with van der Waals surface area (Å²) >= 11 is 0. The van der Waals surface area contributed by atoms with E-state index >= 15 is 0 Å². The first-order valence-electron chi connectivity index (χ1n) is 6.77. The number of piperidine rings is 3. The van der Waals surface area contributed by atoms with E-state index in [4.69, 9.17) is 4.74 Å². The van der Waals surface area contributed by atoms with Gasteiger partial charge >= 0.3 is 0 Å². The molecule has 0 unspecified atom stereocenters. The monoisotopic (exact) mass is 212 g/mol. The van der Waals surface area contributed by atoms with E-state index in [2.05, 4.69) is 6.92 Å². The van der Waals surface area contributed by atoms with Gasteiger partial charge in [0.2, 0.25) is 0 Å². The maximum Gasteiger partial charge on any atom is 0.0789 e. The molecule has 0 aliphatic carbocycles. The van der Waals surface area contributed by atoms with Crippen molar-refractivity contribution in [3.63, 3.8) is 0 Å². The second-order valence-electron chi connectivity index (χ2n) is 5.37. The van der Waals surface area contributed by atoms with Crippen LogP contribution in [0.15, 0.2) is 0 Å². The zero-order chi connectivity index (χ0) is 10.6. The van der Waals surface area contributed by atoms with E-state index in [1.54, 1.807) is 0 Å². The van der Waals surface area contributed by atoms with Crippen molar-refractivity contribution in [2.75, 3.05) is 39.4 Å². The molecule has 2 nitrogen and oxygen atoms in total. The molecule has 0 N–H and O–H groups in total. The summed E-state index contributed by atoms with van der Waals surface area (Å²) in [4.78, 5) is 0. The van der Waals surface area contributed by atoms with Crippen LogP contribution in [-0.4, -0.2) is 43.9 Å². The van der Waals surface area contributed by atoms with E-state index in [1.165, 1.54) is 62.8 Å². The van der Waals surface area contributed by atoms with Crippen LogP contribution in [0.3, 0.4) is 0 Å². The smallest absolute Gasteiger partial charge is 0.0789 e. The lowest BCUT2D eigenvalue weighted by Crippen LogP contribution is -2.58. The third kappa shape index (κ3) is 2.94. The summed E-state index contributed by atoms with van der Waals surface area (Å²) in [6.45, 7) is 9.76. The average Bonchev–Trinajstić information content (AvgIpc) is 2.31. The van der Waals surface area contributed by atoms with Crippen molar-refractivity contribution in [1.29, 1.82) is 0 Å². The molecule has 3 rings (SSSR count). The van der Waals surface area contributed by atoms with E-state index in [1.807, 2.05) is 0 Å². The van der Waals surface area contributed by atoms with Crippen LogP contribution in [0, 0.1) is 5.92 Å². The van der Waals surface area contributed by atoms with Gasteiger partial charge in [-0.3, -0.25) is 0 Å². The molecule has 0 atom stereocenters. The minimum absolute atomic E-state index is 0.877. The fourth-order valence-electron chi connectivity index (χ4n) is 3.27. The summed E-state index contributed by atoms with van der Waals surface area (Å²) in [5, 5.41) is 0. The van der Waals surface area contributed by atoms with Crippen LogP contribution in [-0.2, 0) is 4.74 Å². The molecule has 3 fully saturated rings. The predicted molar refractivity (Wildman–Crippen MR) is 62.8 cm³/mol. The maximum atomic E-state index is 5.39. The summed E-state index contributed by atoms with van der Waals surface area (Å²) in [6.07, 6.45) is 7.14. The molecule has 0 aromatic heterocycles. The third-order valence-electron chi connectivity index (χ3n) is 4.41. The van der Waals surface area contributed by atoms with E-state index < -0.39 is 0 Å². The van der Waals surface area contributed by atoms with Gasteiger partial charge in [0, 0.05) is 13.2 Å². The number of fused-ring (bicyclic) bond motifs is 3. The van der Waals surface area contributed by atoms with Crippen molar-refractivity contribution in [2.24, 2.45) is 5.92 Å². The molecule has 15 heavy (non-hydrogen) atoms. The Morgan fingerprint density at radius 1 is 1.07 bits per heavy atom. The molecule has 88 valence electrons. The maximum absolute atomic E-state index is 5.39. The van der Waals surface area contributed by atoms with Crippen LogP contribution >= 0.6 is 0 Å². The van der Waals surface area contributed by atoms with Gasteiger partial charge < -0.3 is 9.22 Å². The molecule has 0 amide bonds. The van der Waals surface area contributed by atoms with Crippen LogP contribution in [0.4, 0.5) is 0 Å². The second-order valence-corrected chi connectivity index (χ2v) is 5.37. The molecular weight excluding hydrogens is 186 g/mol. The molecule has 3 aliphatic heterocycles. The Labute approximate surface area is 94.2 Å². The number of nitrogens with zero attached hydrogens (tertiary/aromatic N) is 1. The minimum atomic E-state index is 0.877. The van der Waals surface area contributed by atoms with E-state index in [-0.39, 0.29) is 0 Å². The SMILES string of the molecule is CCOCCCC[N+]12CCC(CC1)CC2. The van der Waals surface area contributed by atoms with Crippen molar-refractivity contribution in [2.45, 2.75) is 39.0 Å². The molecule has 0 aromatic carbocycles. The van der Waals surface area contributed by atoms with Gasteiger partial charge in [0.05, 0.1) is 26.2 Å². The topological polar surface area (TPSA) is 9.23 Å². The Kier molecular flexibility index (Phi) is 4.04. The van der Waals surface area contributed by atoms with Crippen molar-refractivity contribution in [3.8, 4) is 0 Å². The quantitative estimate of drug-likeness (QED) is 0.485. The van der Waals surface area contributed by atoms with Crippen LogP contribution in [0.2, 0.25) is 0 Å². The number of unbranched alkanes of at least 4 members (excludes halogenated alkanes) is 1.